The molecule has 0 unspecified atom stereocenters. The van der Waals surface area contributed by atoms with Crippen LogP contribution >= 0.6 is 11.6 Å². The number of hydrogen-bond acceptors (Lipinski definition) is 4. The molecule has 0 amide bonds. The number of hydrogen-bond donors (Lipinski definition) is 1. The maximum Gasteiger partial charge on any atom is 0.209 e. The number of rotatable bonds is 3. The van der Waals surface area contributed by atoms with Crippen molar-refractivity contribution in [1.29, 1.82) is 0 Å². The zero-order valence-corrected chi connectivity index (χ0v) is 8.34. The van der Waals surface area contributed by atoms with Crippen LogP contribution < -0.4 is 5.32 Å². The maximum absolute atomic E-state index is 5.64. The van der Waals surface area contributed by atoms with E-state index in [0.29, 0.717) is 29.2 Å². The minimum Gasteiger partial charge on any atom is -0.441 e. The molecule has 0 fully saturated rings. The number of nitrogens with zero attached hydrogens (tertiary/aromatic N) is 1. The third-order valence-corrected chi connectivity index (χ3v) is 1.90. The lowest BCUT2D eigenvalue weighted by Crippen LogP contribution is -2.04. The van der Waals surface area contributed by atoms with Gasteiger partial charge in [0.25, 0.3) is 0 Å². The van der Waals surface area contributed by atoms with Crippen LogP contribution in [0, 0.1) is 0 Å². The second-order valence-electron chi connectivity index (χ2n) is 2.75. The van der Waals surface area contributed by atoms with Crippen molar-refractivity contribution in [2.24, 2.45) is 0 Å². The number of nitrogens with one attached hydrogen (secondary N) is 1. The van der Waals surface area contributed by atoms with Gasteiger partial charge in [-0.3, -0.25) is 0 Å². The van der Waals surface area contributed by atoms with Crippen LogP contribution in [0.25, 0.3) is 11.5 Å². The Kier molecular flexibility index (Phi) is 2.56. The third-order valence-electron chi connectivity index (χ3n) is 1.70. The summed E-state index contributed by atoms with van der Waals surface area (Å²) in [6, 6.07) is 3.41. The highest BCUT2D eigenvalue weighted by Crippen LogP contribution is 2.24. The van der Waals surface area contributed by atoms with Crippen molar-refractivity contribution in [3.63, 3.8) is 0 Å². The fourth-order valence-electron chi connectivity index (χ4n) is 1.10. The van der Waals surface area contributed by atoms with E-state index in [2.05, 4.69) is 10.3 Å². The summed E-state index contributed by atoms with van der Waals surface area (Å²) >= 11 is 5.64. The Hall–Kier alpha value is -1.26. The van der Waals surface area contributed by atoms with E-state index in [9.17, 15) is 0 Å². The molecule has 0 aliphatic heterocycles. The minimum absolute atomic E-state index is 0.339. The molecule has 2 aromatic rings. The summed E-state index contributed by atoms with van der Waals surface area (Å²) in [6.07, 6.45) is 1.61. The second-order valence-corrected chi connectivity index (χ2v) is 3.12. The summed E-state index contributed by atoms with van der Waals surface area (Å²) < 4.78 is 10.6. The van der Waals surface area contributed by atoms with Crippen LogP contribution in [0.2, 0.25) is 5.22 Å². The van der Waals surface area contributed by atoms with Gasteiger partial charge in [0.2, 0.25) is 5.89 Å². The number of furan rings is 1. The lowest BCUT2D eigenvalue weighted by Gasteiger charge is -1.91. The first-order valence-corrected chi connectivity index (χ1v) is 4.52. The highest BCUT2D eigenvalue weighted by molar-refractivity contribution is 6.28. The normalized spacial score (nSPS) is 10.7. The number of halogens is 1. The Balaban J connectivity index is 2.24. The van der Waals surface area contributed by atoms with E-state index in [1.165, 1.54) is 0 Å². The average molecular weight is 213 g/mol. The second kappa shape index (κ2) is 3.86. The molecule has 0 aromatic carbocycles. The van der Waals surface area contributed by atoms with Gasteiger partial charge >= 0.3 is 0 Å². The predicted octanol–water partition coefficient (Wildman–Crippen LogP) is 2.31. The molecule has 0 saturated carbocycles. The third kappa shape index (κ3) is 1.81. The van der Waals surface area contributed by atoms with E-state index in [1.807, 2.05) is 7.05 Å². The van der Waals surface area contributed by atoms with Gasteiger partial charge in [-0.05, 0) is 30.8 Å². The van der Waals surface area contributed by atoms with Crippen molar-refractivity contribution >= 4 is 11.6 Å². The predicted molar refractivity (Wildman–Crippen MR) is 52.0 cm³/mol. The van der Waals surface area contributed by atoms with Crippen LogP contribution in [0.4, 0.5) is 0 Å². The van der Waals surface area contributed by atoms with Crippen molar-refractivity contribution in [2.45, 2.75) is 6.54 Å². The van der Waals surface area contributed by atoms with Crippen molar-refractivity contribution in [2.75, 3.05) is 7.05 Å². The van der Waals surface area contributed by atoms with Crippen LogP contribution in [0.5, 0.6) is 0 Å². The molecular weight excluding hydrogens is 204 g/mol. The van der Waals surface area contributed by atoms with Crippen LogP contribution in [0.15, 0.2) is 27.2 Å². The Morgan fingerprint density at radius 1 is 1.36 bits per heavy atom. The van der Waals surface area contributed by atoms with Crippen molar-refractivity contribution in [3.8, 4) is 11.5 Å². The highest BCUT2D eigenvalue weighted by Gasteiger charge is 2.09. The van der Waals surface area contributed by atoms with E-state index in [4.69, 9.17) is 20.4 Å². The Labute approximate surface area is 85.9 Å². The van der Waals surface area contributed by atoms with Crippen LogP contribution in [0.3, 0.4) is 0 Å². The van der Waals surface area contributed by atoms with Crippen molar-refractivity contribution < 1.29 is 8.83 Å². The Morgan fingerprint density at radius 3 is 2.86 bits per heavy atom. The zero-order valence-electron chi connectivity index (χ0n) is 7.58. The molecule has 2 rings (SSSR count). The first-order valence-electron chi connectivity index (χ1n) is 4.14. The molecule has 0 spiro atoms. The largest absolute Gasteiger partial charge is 0.441 e. The van der Waals surface area contributed by atoms with Gasteiger partial charge in [0.15, 0.2) is 16.7 Å². The summed E-state index contributed by atoms with van der Waals surface area (Å²) in [6.45, 7) is 0.592. The van der Waals surface area contributed by atoms with Crippen LogP contribution in [-0.2, 0) is 6.54 Å². The molecule has 0 atom stereocenters. The SMILES string of the molecule is CNCc1ncc(-c2ccc(Cl)o2)o1. The lowest BCUT2D eigenvalue weighted by molar-refractivity contribution is 0.471. The molecule has 0 aliphatic rings. The topological polar surface area (TPSA) is 51.2 Å². The van der Waals surface area contributed by atoms with Gasteiger partial charge in [-0.1, -0.05) is 0 Å². The summed E-state index contributed by atoms with van der Waals surface area (Å²) in [5.74, 6) is 1.79. The molecule has 2 heterocycles. The van der Waals surface area contributed by atoms with Crippen molar-refractivity contribution in [1.82, 2.24) is 10.3 Å². The molecule has 1 N–H and O–H groups in total. The molecule has 4 nitrogen and oxygen atoms in total. The molecule has 74 valence electrons. The van der Waals surface area contributed by atoms with E-state index < -0.39 is 0 Å². The minimum atomic E-state index is 0.339. The summed E-state index contributed by atoms with van der Waals surface area (Å²) in [4.78, 5) is 4.06. The van der Waals surface area contributed by atoms with Gasteiger partial charge in [0.1, 0.15) is 0 Å². The fraction of sp³-hybridized carbons (Fsp3) is 0.222. The molecule has 14 heavy (non-hydrogen) atoms. The highest BCUT2D eigenvalue weighted by atomic mass is 35.5. The van der Waals surface area contributed by atoms with Crippen molar-refractivity contribution in [3.05, 3.63) is 29.4 Å². The van der Waals surface area contributed by atoms with Crippen LogP contribution in [-0.4, -0.2) is 12.0 Å². The monoisotopic (exact) mass is 212 g/mol. The molecule has 0 aliphatic carbocycles. The van der Waals surface area contributed by atoms with Gasteiger partial charge in [-0.2, -0.15) is 0 Å². The number of aromatic nitrogens is 1. The Morgan fingerprint density at radius 2 is 2.21 bits per heavy atom. The van der Waals surface area contributed by atoms with E-state index in [-0.39, 0.29) is 0 Å². The fourth-order valence-corrected chi connectivity index (χ4v) is 1.25. The standard InChI is InChI=1S/C9H9ClN2O2/c1-11-5-9-12-4-7(14-9)6-2-3-8(10)13-6/h2-4,11H,5H2,1H3. The summed E-state index contributed by atoms with van der Waals surface area (Å²) in [5, 5.41) is 3.28. The maximum atomic E-state index is 5.64. The van der Waals surface area contributed by atoms with Gasteiger partial charge in [-0.15, -0.1) is 0 Å². The zero-order chi connectivity index (χ0) is 9.97. The smallest absolute Gasteiger partial charge is 0.209 e. The van der Waals surface area contributed by atoms with Gasteiger partial charge in [0, 0.05) is 0 Å². The lowest BCUT2D eigenvalue weighted by atomic mass is 10.4. The van der Waals surface area contributed by atoms with Gasteiger partial charge in [-0.25, -0.2) is 4.98 Å². The Bertz CT molecular complexity index is 422. The average Bonchev–Trinajstić information content (AvgIpc) is 2.74. The summed E-state index contributed by atoms with van der Waals surface area (Å²) in [5.41, 5.74) is 0. The molecule has 0 radical (unpaired) electrons. The van der Waals surface area contributed by atoms with Gasteiger partial charge in [0.05, 0.1) is 12.7 Å². The summed E-state index contributed by atoms with van der Waals surface area (Å²) in [7, 11) is 1.83. The number of oxazole rings is 1. The first-order chi connectivity index (χ1) is 6.79. The van der Waals surface area contributed by atoms with E-state index in [0.717, 1.165) is 0 Å². The first kappa shape index (κ1) is 9.30. The molecule has 0 bridgehead atoms. The van der Waals surface area contributed by atoms with Gasteiger partial charge < -0.3 is 14.2 Å². The molecule has 0 saturated heterocycles. The van der Waals surface area contributed by atoms with E-state index >= 15 is 0 Å². The molecule has 5 heteroatoms. The molecule has 2 aromatic heterocycles. The quantitative estimate of drug-likeness (QED) is 0.848. The molecular formula is C9H9ClN2O2. The van der Waals surface area contributed by atoms with Crippen LogP contribution in [0.1, 0.15) is 5.89 Å². The van der Waals surface area contributed by atoms with E-state index in [1.54, 1.807) is 18.3 Å².